The van der Waals surface area contributed by atoms with Gasteiger partial charge in [-0.25, -0.2) is 4.39 Å². The van der Waals surface area contributed by atoms with Crippen molar-refractivity contribution in [3.05, 3.63) is 35.6 Å². The number of amides is 1. The van der Waals surface area contributed by atoms with Crippen LogP contribution in [0.1, 0.15) is 37.0 Å². The van der Waals surface area contributed by atoms with Crippen LogP contribution < -0.4 is 0 Å². The number of ether oxygens (including phenoxy) is 1. The molecule has 0 N–H and O–H groups in total. The zero-order valence-electron chi connectivity index (χ0n) is 14.8. The quantitative estimate of drug-likeness (QED) is 0.615. The molecule has 6 heteroatoms. The molecule has 1 aromatic carbocycles. The molecule has 0 heterocycles. The van der Waals surface area contributed by atoms with E-state index in [1.165, 1.54) is 31.4 Å². The third-order valence-electron chi connectivity index (χ3n) is 3.99. The molecule has 0 aliphatic heterocycles. The van der Waals surface area contributed by atoms with Gasteiger partial charge in [-0.1, -0.05) is 13.8 Å². The molecule has 0 fully saturated rings. The first-order chi connectivity index (χ1) is 11.5. The van der Waals surface area contributed by atoms with E-state index in [1.54, 1.807) is 4.90 Å². The number of esters is 1. The average molecular weight is 338 g/mol. The molecular weight excluding hydrogens is 311 g/mol. The van der Waals surface area contributed by atoms with Crippen LogP contribution in [0.3, 0.4) is 0 Å². The van der Waals surface area contributed by atoms with Gasteiger partial charge in [0.15, 0.2) is 0 Å². The first-order valence-electron chi connectivity index (χ1n) is 8.35. The molecule has 0 spiro atoms. The highest BCUT2D eigenvalue weighted by molar-refractivity contribution is 5.94. The number of rotatable bonds is 10. The number of methoxy groups -OCH3 is 1. The topological polar surface area (TPSA) is 49.9 Å². The summed E-state index contributed by atoms with van der Waals surface area (Å²) in [7, 11) is 1.33. The van der Waals surface area contributed by atoms with Crippen molar-refractivity contribution < 1.29 is 18.7 Å². The van der Waals surface area contributed by atoms with E-state index in [2.05, 4.69) is 23.5 Å². The van der Waals surface area contributed by atoms with Gasteiger partial charge in [-0.05, 0) is 50.3 Å². The molecule has 0 saturated heterocycles. The van der Waals surface area contributed by atoms with Crippen molar-refractivity contribution in [2.24, 2.45) is 0 Å². The molecule has 1 rings (SSSR count). The number of hydrogen-bond donors (Lipinski definition) is 0. The van der Waals surface area contributed by atoms with Gasteiger partial charge in [0.25, 0.3) is 5.91 Å². The van der Waals surface area contributed by atoms with Crippen LogP contribution in [0.25, 0.3) is 0 Å². The lowest BCUT2D eigenvalue weighted by Crippen LogP contribution is -2.36. The van der Waals surface area contributed by atoms with E-state index in [1.807, 2.05) is 0 Å². The predicted molar refractivity (Wildman–Crippen MR) is 91.3 cm³/mol. The normalized spacial score (nSPS) is 10.7. The molecule has 0 radical (unpaired) electrons. The maximum Gasteiger partial charge on any atom is 0.307 e. The summed E-state index contributed by atoms with van der Waals surface area (Å²) in [6, 6.07) is 5.46. The fourth-order valence-electron chi connectivity index (χ4n) is 2.44. The van der Waals surface area contributed by atoms with Crippen LogP contribution in [0.4, 0.5) is 4.39 Å². The number of benzene rings is 1. The number of carbonyl (C=O) groups is 2. The van der Waals surface area contributed by atoms with Crippen LogP contribution in [-0.4, -0.2) is 61.5 Å². The lowest BCUT2D eigenvalue weighted by Gasteiger charge is -2.24. The largest absolute Gasteiger partial charge is 0.469 e. The zero-order chi connectivity index (χ0) is 17.9. The molecule has 24 heavy (non-hydrogen) atoms. The van der Waals surface area contributed by atoms with Gasteiger partial charge in [-0.2, -0.15) is 0 Å². The van der Waals surface area contributed by atoms with E-state index in [9.17, 15) is 14.0 Å². The summed E-state index contributed by atoms with van der Waals surface area (Å²) in [5.41, 5.74) is 0.420. The van der Waals surface area contributed by atoms with Crippen LogP contribution in [0.15, 0.2) is 24.3 Å². The Labute approximate surface area is 143 Å². The highest BCUT2D eigenvalue weighted by atomic mass is 19.1. The predicted octanol–water partition coefficient (Wildman–Crippen LogP) is 2.56. The monoisotopic (exact) mass is 338 g/mol. The summed E-state index contributed by atoms with van der Waals surface area (Å²) in [5.74, 6) is -0.928. The molecule has 0 aliphatic carbocycles. The lowest BCUT2D eigenvalue weighted by molar-refractivity contribution is -0.140. The van der Waals surface area contributed by atoms with Crippen molar-refractivity contribution in [1.29, 1.82) is 0 Å². The van der Waals surface area contributed by atoms with Gasteiger partial charge in [-0.3, -0.25) is 9.59 Å². The van der Waals surface area contributed by atoms with Gasteiger partial charge < -0.3 is 14.5 Å². The van der Waals surface area contributed by atoms with Gasteiger partial charge in [0.05, 0.1) is 13.5 Å². The van der Waals surface area contributed by atoms with Crippen LogP contribution >= 0.6 is 0 Å². The molecular formula is C18H27FN2O3. The Kier molecular flexibility index (Phi) is 9.01. The van der Waals surface area contributed by atoms with Gasteiger partial charge in [0.1, 0.15) is 5.82 Å². The Morgan fingerprint density at radius 1 is 1.04 bits per heavy atom. The Morgan fingerprint density at radius 3 is 2.21 bits per heavy atom. The zero-order valence-corrected chi connectivity index (χ0v) is 14.8. The summed E-state index contributed by atoms with van der Waals surface area (Å²) in [6.07, 6.45) is 0.963. The summed E-state index contributed by atoms with van der Waals surface area (Å²) in [5, 5.41) is 0. The molecule has 0 unspecified atom stereocenters. The van der Waals surface area contributed by atoms with Crippen LogP contribution in [0, 0.1) is 5.82 Å². The Bertz CT molecular complexity index is 516. The minimum atomic E-state index is -0.380. The smallest absolute Gasteiger partial charge is 0.307 e. The number of halogens is 1. The summed E-state index contributed by atoms with van der Waals surface area (Å²) in [6.45, 7) is 7.85. The first kappa shape index (κ1) is 20.1. The number of hydrogen-bond acceptors (Lipinski definition) is 4. The van der Waals surface area contributed by atoms with Crippen LogP contribution in [0.5, 0.6) is 0 Å². The van der Waals surface area contributed by atoms with Crippen molar-refractivity contribution in [1.82, 2.24) is 9.80 Å². The van der Waals surface area contributed by atoms with E-state index in [0.29, 0.717) is 18.7 Å². The number of nitrogens with zero attached hydrogens (tertiary/aromatic N) is 2. The van der Waals surface area contributed by atoms with Crippen molar-refractivity contribution >= 4 is 11.9 Å². The molecule has 0 atom stereocenters. The van der Waals surface area contributed by atoms with Crippen LogP contribution in [0.2, 0.25) is 0 Å². The molecule has 1 amide bonds. The summed E-state index contributed by atoms with van der Waals surface area (Å²) < 4.78 is 17.7. The highest BCUT2D eigenvalue weighted by Crippen LogP contribution is 2.09. The van der Waals surface area contributed by atoms with E-state index in [-0.39, 0.29) is 24.1 Å². The van der Waals surface area contributed by atoms with E-state index >= 15 is 0 Å². The van der Waals surface area contributed by atoms with E-state index < -0.39 is 0 Å². The first-order valence-corrected chi connectivity index (χ1v) is 8.35. The second-order valence-electron chi connectivity index (χ2n) is 5.51. The minimum absolute atomic E-state index is 0.148. The van der Waals surface area contributed by atoms with Gasteiger partial charge in [0, 0.05) is 18.7 Å². The van der Waals surface area contributed by atoms with Gasteiger partial charge in [0.2, 0.25) is 0 Å². The summed E-state index contributed by atoms with van der Waals surface area (Å²) in [4.78, 5) is 27.9. The van der Waals surface area contributed by atoms with Crippen molar-refractivity contribution in [3.63, 3.8) is 0 Å². The maximum atomic E-state index is 13.0. The van der Waals surface area contributed by atoms with Crippen LogP contribution in [-0.2, 0) is 9.53 Å². The van der Waals surface area contributed by atoms with Crippen molar-refractivity contribution in [2.45, 2.75) is 26.7 Å². The molecule has 5 nitrogen and oxygen atoms in total. The van der Waals surface area contributed by atoms with Gasteiger partial charge >= 0.3 is 5.97 Å². The fraction of sp³-hybridized carbons (Fsp3) is 0.556. The minimum Gasteiger partial charge on any atom is -0.469 e. The Morgan fingerprint density at radius 2 is 1.67 bits per heavy atom. The molecule has 0 aliphatic rings. The second kappa shape index (κ2) is 10.8. The molecule has 1 aromatic rings. The average Bonchev–Trinajstić information content (AvgIpc) is 2.61. The third-order valence-corrected chi connectivity index (χ3v) is 3.99. The molecule has 0 bridgehead atoms. The molecule has 0 aromatic heterocycles. The van der Waals surface area contributed by atoms with E-state index in [4.69, 9.17) is 0 Å². The maximum absolute atomic E-state index is 13.0. The lowest BCUT2D eigenvalue weighted by atomic mass is 10.2. The SMILES string of the molecule is CCN(CC)CCCN(CCC(=O)OC)C(=O)c1ccc(F)cc1. The third kappa shape index (κ3) is 6.66. The summed E-state index contributed by atoms with van der Waals surface area (Å²) >= 11 is 0. The van der Waals surface area contributed by atoms with Gasteiger partial charge in [-0.15, -0.1) is 0 Å². The Hall–Kier alpha value is -1.95. The van der Waals surface area contributed by atoms with Crippen molar-refractivity contribution in [3.8, 4) is 0 Å². The molecule has 134 valence electrons. The van der Waals surface area contributed by atoms with E-state index in [0.717, 1.165) is 26.1 Å². The Balaban J connectivity index is 2.70. The standard InChI is InChI=1S/C18H27FN2O3/c1-4-20(5-2)12-6-13-21(14-11-17(22)24-3)18(23)15-7-9-16(19)10-8-15/h7-10H,4-6,11-14H2,1-3H3. The second-order valence-corrected chi connectivity index (χ2v) is 5.51. The van der Waals surface area contributed by atoms with Crippen molar-refractivity contribution in [2.75, 3.05) is 39.8 Å². The molecule has 0 saturated carbocycles. The number of carbonyl (C=O) groups excluding carboxylic acids is 2. The fourth-order valence-corrected chi connectivity index (χ4v) is 2.44. The highest BCUT2D eigenvalue weighted by Gasteiger charge is 2.17.